The molecule has 0 aromatic heterocycles. The summed E-state index contributed by atoms with van der Waals surface area (Å²) in [5.74, 6) is -0.540. The summed E-state index contributed by atoms with van der Waals surface area (Å²) in [4.78, 5) is 12.9. The van der Waals surface area contributed by atoms with Crippen LogP contribution in [-0.4, -0.2) is 97.3 Å². The maximum atomic E-state index is 12.9. The van der Waals surface area contributed by atoms with E-state index in [1.165, 1.54) is 5.57 Å². The second-order valence-corrected chi connectivity index (χ2v) is 17.1. The molecule has 4 saturated carbocycles. The Bertz CT molecular complexity index is 1200. The first-order chi connectivity index (χ1) is 20.9. The highest BCUT2D eigenvalue weighted by Crippen LogP contribution is 2.75. The lowest BCUT2D eigenvalue weighted by Gasteiger charge is -2.71. The van der Waals surface area contributed by atoms with E-state index in [0.717, 1.165) is 32.1 Å². The van der Waals surface area contributed by atoms with E-state index >= 15 is 0 Å². The topological polar surface area (TPSA) is 177 Å². The van der Waals surface area contributed by atoms with Gasteiger partial charge in [-0.2, -0.15) is 0 Å². The summed E-state index contributed by atoms with van der Waals surface area (Å²) in [7, 11) is 0. The molecule has 15 atom stereocenters. The maximum absolute atomic E-state index is 12.9. The van der Waals surface area contributed by atoms with E-state index in [4.69, 9.17) is 9.47 Å². The van der Waals surface area contributed by atoms with Crippen LogP contribution in [0.25, 0.3) is 0 Å². The number of rotatable bonds is 5. The highest BCUT2D eigenvalue weighted by molar-refractivity contribution is 5.76. The van der Waals surface area contributed by atoms with Gasteiger partial charge in [0.15, 0.2) is 6.29 Å². The van der Waals surface area contributed by atoms with Crippen LogP contribution in [0, 0.1) is 44.8 Å². The normalized spacial score (nSPS) is 56.2. The highest BCUT2D eigenvalue weighted by Gasteiger charge is 2.70. The van der Waals surface area contributed by atoms with Gasteiger partial charge in [0, 0.05) is 5.41 Å². The Morgan fingerprint density at radius 1 is 0.911 bits per heavy atom. The number of fused-ring (bicyclic) bond motifs is 7. The molecule has 1 saturated heterocycles. The summed E-state index contributed by atoms with van der Waals surface area (Å²) in [6, 6.07) is 0. The van der Waals surface area contributed by atoms with Crippen LogP contribution in [-0.2, 0) is 14.3 Å². The van der Waals surface area contributed by atoms with Gasteiger partial charge in [-0.25, -0.2) is 0 Å². The van der Waals surface area contributed by atoms with Crippen molar-refractivity contribution < 1.29 is 50.0 Å². The van der Waals surface area contributed by atoms with Gasteiger partial charge in [-0.15, -0.1) is 0 Å². The smallest absolute Gasteiger partial charge is 0.310 e. The zero-order chi connectivity index (χ0) is 33.0. The SMILES string of the molecule is CC1(O)CCC2(C(=O)O)CCC3(C)C(=CCC4C5(C)CCC(O)C(C)(COC6OC(CO)C(O)C(O)C6O)C5CCC43C)C2C1. The van der Waals surface area contributed by atoms with E-state index in [9.17, 15) is 40.5 Å². The van der Waals surface area contributed by atoms with E-state index in [-0.39, 0.29) is 40.6 Å². The Labute approximate surface area is 266 Å². The molecule has 0 aromatic carbocycles. The predicted octanol–water partition coefficient (Wildman–Crippen LogP) is 2.76. The number of aliphatic hydroxyl groups is 6. The molecule has 5 fully saturated rings. The van der Waals surface area contributed by atoms with Crippen LogP contribution in [0.3, 0.4) is 0 Å². The quantitative estimate of drug-likeness (QED) is 0.222. The van der Waals surface area contributed by atoms with Crippen molar-refractivity contribution in [3.05, 3.63) is 11.6 Å². The van der Waals surface area contributed by atoms with Gasteiger partial charge in [0.2, 0.25) is 0 Å². The molecular weight excluding hydrogens is 580 g/mol. The molecule has 6 rings (SSSR count). The third-order valence-electron chi connectivity index (χ3n) is 15.0. The Morgan fingerprint density at radius 3 is 2.27 bits per heavy atom. The molecule has 0 radical (unpaired) electrons. The van der Waals surface area contributed by atoms with Crippen molar-refractivity contribution in [2.75, 3.05) is 13.2 Å². The van der Waals surface area contributed by atoms with Crippen LogP contribution in [0.15, 0.2) is 11.6 Å². The molecule has 15 unspecified atom stereocenters. The van der Waals surface area contributed by atoms with Crippen LogP contribution in [0.4, 0.5) is 0 Å². The van der Waals surface area contributed by atoms with Crippen molar-refractivity contribution in [2.45, 2.75) is 141 Å². The number of aliphatic hydroxyl groups excluding tert-OH is 5. The van der Waals surface area contributed by atoms with E-state index in [0.29, 0.717) is 32.1 Å². The van der Waals surface area contributed by atoms with E-state index in [1.807, 2.05) is 13.8 Å². The van der Waals surface area contributed by atoms with Gasteiger partial charge in [0.05, 0.1) is 30.3 Å². The molecule has 10 nitrogen and oxygen atoms in total. The van der Waals surface area contributed by atoms with Gasteiger partial charge in [-0.1, -0.05) is 39.3 Å². The van der Waals surface area contributed by atoms with E-state index in [1.54, 1.807) is 0 Å². The Balaban J connectivity index is 1.30. The molecule has 256 valence electrons. The molecular formula is C35H56O10. The third-order valence-corrected chi connectivity index (χ3v) is 15.0. The first-order valence-electron chi connectivity index (χ1n) is 17.2. The molecule has 10 heteroatoms. The Hall–Kier alpha value is -1.11. The van der Waals surface area contributed by atoms with Crippen LogP contribution in [0.1, 0.15) is 98.8 Å². The molecule has 0 aromatic rings. The average Bonchev–Trinajstić information content (AvgIpc) is 2.98. The summed E-state index contributed by atoms with van der Waals surface area (Å²) >= 11 is 0. The Morgan fingerprint density at radius 2 is 1.60 bits per heavy atom. The van der Waals surface area contributed by atoms with Crippen LogP contribution >= 0.6 is 0 Å². The first kappa shape index (κ1) is 33.8. The van der Waals surface area contributed by atoms with Crippen molar-refractivity contribution >= 4 is 5.97 Å². The number of hydrogen-bond donors (Lipinski definition) is 7. The van der Waals surface area contributed by atoms with Gasteiger partial charge >= 0.3 is 5.97 Å². The second kappa shape index (κ2) is 11.0. The number of hydrogen-bond acceptors (Lipinski definition) is 9. The number of ether oxygens (including phenoxy) is 2. The summed E-state index contributed by atoms with van der Waals surface area (Å²) < 4.78 is 11.8. The van der Waals surface area contributed by atoms with Crippen LogP contribution in [0.5, 0.6) is 0 Å². The van der Waals surface area contributed by atoms with Crippen LogP contribution < -0.4 is 0 Å². The molecule has 1 heterocycles. The number of aliphatic carboxylic acids is 1. The number of carbonyl (C=O) groups is 1. The van der Waals surface area contributed by atoms with Gasteiger partial charge in [-0.05, 0) is 105 Å². The monoisotopic (exact) mass is 636 g/mol. The van der Waals surface area contributed by atoms with Crippen molar-refractivity contribution in [1.29, 1.82) is 0 Å². The van der Waals surface area contributed by atoms with Gasteiger partial charge in [0.1, 0.15) is 24.4 Å². The minimum Gasteiger partial charge on any atom is -0.481 e. The largest absolute Gasteiger partial charge is 0.481 e. The Kier molecular flexibility index (Phi) is 8.22. The van der Waals surface area contributed by atoms with Gasteiger partial charge in [0.25, 0.3) is 0 Å². The number of carboxylic acid groups (broad SMARTS) is 1. The fourth-order valence-electron chi connectivity index (χ4n) is 11.9. The van der Waals surface area contributed by atoms with Crippen molar-refractivity contribution in [1.82, 2.24) is 0 Å². The molecule has 0 amide bonds. The molecule has 0 bridgehead atoms. The average molecular weight is 637 g/mol. The molecule has 6 aliphatic rings. The number of carboxylic acids is 1. The lowest BCUT2D eigenvalue weighted by Crippen LogP contribution is -2.66. The number of allylic oxidation sites excluding steroid dienone is 2. The second-order valence-electron chi connectivity index (χ2n) is 17.1. The molecule has 45 heavy (non-hydrogen) atoms. The summed E-state index contributed by atoms with van der Waals surface area (Å²) in [6.45, 7) is 10.6. The zero-order valence-electron chi connectivity index (χ0n) is 27.6. The first-order valence-corrected chi connectivity index (χ1v) is 17.2. The summed E-state index contributed by atoms with van der Waals surface area (Å²) in [5, 5.41) is 74.0. The van der Waals surface area contributed by atoms with Crippen molar-refractivity contribution in [3.8, 4) is 0 Å². The fraction of sp³-hybridized carbons (Fsp3) is 0.914. The minimum absolute atomic E-state index is 0.0805. The zero-order valence-corrected chi connectivity index (χ0v) is 27.6. The predicted molar refractivity (Wildman–Crippen MR) is 164 cm³/mol. The van der Waals surface area contributed by atoms with E-state index < -0.39 is 65.8 Å². The standard InChI is InChI=1S/C35H56O10/c1-30(43)12-14-35(29(41)42)15-13-33(4)19(20(35)16-30)6-7-23-31(2)10-9-24(37)32(3,22(31)8-11-34(23,33)5)18-44-28-27(40)26(39)25(38)21(17-36)45-28/h6,20-28,36-40,43H,7-18H2,1-5H3,(H,41,42). The van der Waals surface area contributed by atoms with Crippen LogP contribution in [0.2, 0.25) is 0 Å². The summed E-state index contributed by atoms with van der Waals surface area (Å²) in [5.41, 5.74) is -1.60. The van der Waals surface area contributed by atoms with Gasteiger partial charge in [-0.3, -0.25) is 4.79 Å². The molecule has 1 aliphatic heterocycles. The molecule has 0 spiro atoms. The molecule has 5 aliphatic carbocycles. The van der Waals surface area contributed by atoms with Crippen molar-refractivity contribution in [2.24, 2.45) is 44.8 Å². The fourth-order valence-corrected chi connectivity index (χ4v) is 11.9. The van der Waals surface area contributed by atoms with Crippen molar-refractivity contribution in [3.63, 3.8) is 0 Å². The molecule has 7 N–H and O–H groups in total. The van der Waals surface area contributed by atoms with E-state index in [2.05, 4.69) is 26.8 Å². The minimum atomic E-state index is -1.53. The summed E-state index contributed by atoms with van der Waals surface area (Å²) in [6.07, 6.45) is 1.81. The lowest BCUT2D eigenvalue weighted by molar-refractivity contribution is -0.315. The third kappa shape index (κ3) is 4.67. The highest BCUT2D eigenvalue weighted by atomic mass is 16.7. The van der Waals surface area contributed by atoms with Gasteiger partial charge < -0.3 is 45.2 Å². The maximum Gasteiger partial charge on any atom is 0.310 e. The lowest BCUT2D eigenvalue weighted by atomic mass is 9.33.